The van der Waals surface area contributed by atoms with E-state index in [9.17, 15) is 19.5 Å². The van der Waals surface area contributed by atoms with Crippen molar-refractivity contribution in [2.45, 2.75) is 78.9 Å². The van der Waals surface area contributed by atoms with E-state index in [0.29, 0.717) is 12.0 Å². The molecule has 1 N–H and O–H groups in total. The molecule has 1 saturated heterocycles. The van der Waals surface area contributed by atoms with Gasteiger partial charge in [-0.3, -0.25) is 4.79 Å². The number of carbonyl (C=O) groups is 3. The van der Waals surface area contributed by atoms with Crippen molar-refractivity contribution < 1.29 is 29.0 Å². The summed E-state index contributed by atoms with van der Waals surface area (Å²) in [5.41, 5.74) is 0.672. The quantitative estimate of drug-likeness (QED) is 0.255. The van der Waals surface area contributed by atoms with E-state index in [2.05, 4.69) is 20.8 Å². The first-order valence-corrected chi connectivity index (χ1v) is 10.9. The molecule has 0 aromatic heterocycles. The maximum Gasteiger partial charge on any atom is 0.335 e. The number of carbonyl (C=O) groups excluding carboxylic acids is 3. The number of epoxide rings is 1. The Kier molecular flexibility index (Phi) is 8.17. The molecule has 31 heavy (non-hydrogen) atoms. The Balaban J connectivity index is 2.35. The van der Waals surface area contributed by atoms with Crippen molar-refractivity contribution in [3.63, 3.8) is 0 Å². The third-order valence-electron chi connectivity index (χ3n) is 6.40. The fourth-order valence-corrected chi connectivity index (χ4v) is 4.45. The molecule has 0 spiro atoms. The largest absolute Gasteiger partial charge is 0.432 e. The number of allylic oxidation sites excluding steroid dienone is 3. The molecule has 0 bridgehead atoms. The predicted molar refractivity (Wildman–Crippen MR) is 118 cm³/mol. The summed E-state index contributed by atoms with van der Waals surface area (Å²) >= 11 is 0. The highest BCUT2D eigenvalue weighted by atomic mass is 16.6. The van der Waals surface area contributed by atoms with Gasteiger partial charge in [0, 0.05) is 24.0 Å². The van der Waals surface area contributed by atoms with Gasteiger partial charge in [-0.15, -0.1) is 0 Å². The monoisotopic (exact) mass is 432 g/mol. The lowest BCUT2D eigenvalue weighted by Crippen LogP contribution is -2.36. The van der Waals surface area contributed by atoms with Gasteiger partial charge in [0.2, 0.25) is 0 Å². The van der Waals surface area contributed by atoms with Gasteiger partial charge in [0.25, 0.3) is 0 Å². The summed E-state index contributed by atoms with van der Waals surface area (Å²) in [6.07, 6.45) is 8.70. The minimum Gasteiger partial charge on any atom is -0.432 e. The number of ketones is 2. The van der Waals surface area contributed by atoms with Gasteiger partial charge in [0.05, 0.1) is 24.6 Å². The zero-order valence-electron chi connectivity index (χ0n) is 19.6. The molecule has 0 radical (unpaired) electrons. The zero-order valence-corrected chi connectivity index (χ0v) is 19.6. The van der Waals surface area contributed by atoms with E-state index in [-0.39, 0.29) is 47.6 Å². The molecule has 0 amide bonds. The summed E-state index contributed by atoms with van der Waals surface area (Å²) in [7, 11) is 0. The van der Waals surface area contributed by atoms with E-state index in [4.69, 9.17) is 9.47 Å². The Bertz CT molecular complexity index is 799. The second-order valence-corrected chi connectivity index (χ2v) is 9.88. The van der Waals surface area contributed by atoms with E-state index >= 15 is 0 Å². The number of Topliss-reactive ketones (excluding diaryl/α,β-unsaturated/α-hetero) is 2. The first kappa shape index (κ1) is 25.2. The lowest BCUT2D eigenvalue weighted by molar-refractivity contribution is -0.132. The van der Waals surface area contributed by atoms with Crippen LogP contribution in [0, 0.1) is 17.3 Å². The van der Waals surface area contributed by atoms with E-state index in [0.717, 1.165) is 18.4 Å². The van der Waals surface area contributed by atoms with Crippen LogP contribution in [-0.2, 0) is 23.9 Å². The first-order valence-electron chi connectivity index (χ1n) is 10.9. The lowest BCUT2D eigenvalue weighted by Gasteiger charge is -2.38. The number of esters is 1. The number of aliphatic hydroxyl groups is 1. The first-order chi connectivity index (χ1) is 14.4. The van der Waals surface area contributed by atoms with Gasteiger partial charge in [-0.05, 0) is 71.3 Å². The third kappa shape index (κ3) is 6.71. The molecule has 2 rings (SSSR count). The Morgan fingerprint density at radius 3 is 2.42 bits per heavy atom. The maximum atomic E-state index is 13.1. The topological polar surface area (TPSA) is 93.2 Å². The van der Waals surface area contributed by atoms with Gasteiger partial charge in [-0.2, -0.15) is 0 Å². The normalized spacial score (nSPS) is 29.8. The van der Waals surface area contributed by atoms with Crippen molar-refractivity contribution in [2.24, 2.45) is 17.3 Å². The lowest BCUT2D eigenvalue weighted by atomic mass is 9.65. The molecule has 1 unspecified atom stereocenters. The molecule has 1 heterocycles. The highest BCUT2D eigenvalue weighted by molar-refractivity contribution is 6.00. The van der Waals surface area contributed by atoms with Crippen LogP contribution in [0.1, 0.15) is 67.2 Å². The molecule has 0 aromatic carbocycles. The Hall–Kier alpha value is -2.05. The zero-order chi connectivity index (χ0) is 23.4. The van der Waals surface area contributed by atoms with Crippen LogP contribution in [0.15, 0.2) is 35.6 Å². The maximum absolute atomic E-state index is 13.1. The minimum absolute atomic E-state index is 0.0775. The summed E-state index contributed by atoms with van der Waals surface area (Å²) in [4.78, 5) is 37.1. The van der Waals surface area contributed by atoms with Crippen molar-refractivity contribution >= 4 is 17.5 Å². The van der Waals surface area contributed by atoms with Gasteiger partial charge in [-0.1, -0.05) is 18.6 Å². The van der Waals surface area contributed by atoms with Crippen molar-refractivity contribution in [3.05, 3.63) is 35.6 Å². The molecular weight excluding hydrogens is 396 g/mol. The fourth-order valence-electron chi connectivity index (χ4n) is 4.45. The summed E-state index contributed by atoms with van der Waals surface area (Å²) in [5, 5.41) is 9.74. The molecule has 4 atom stereocenters. The van der Waals surface area contributed by atoms with E-state index < -0.39 is 11.9 Å². The number of aliphatic hydroxyl groups excluding tert-OH is 1. The number of hydrogen-bond donors (Lipinski definition) is 1. The van der Waals surface area contributed by atoms with E-state index in [1.165, 1.54) is 19.3 Å². The van der Waals surface area contributed by atoms with Crippen molar-refractivity contribution in [3.8, 4) is 0 Å². The average molecular weight is 433 g/mol. The van der Waals surface area contributed by atoms with Gasteiger partial charge in [-0.25, -0.2) is 4.79 Å². The second kappa shape index (κ2) is 10.0. The fraction of sp³-hybridized carbons (Fsp3) is 0.640. The summed E-state index contributed by atoms with van der Waals surface area (Å²) in [6, 6.07) is 0. The SMILES string of the molecule is CC(=O)C[C@@H]1C(=O)C(CO)=CC[C@](C)(CCC2OC2(C)C)[C@H]1/C=C/OC(=O)C=C(C)C. The Labute approximate surface area is 185 Å². The van der Waals surface area contributed by atoms with Crippen molar-refractivity contribution in [1.29, 1.82) is 0 Å². The molecule has 6 nitrogen and oxygen atoms in total. The number of rotatable bonds is 9. The van der Waals surface area contributed by atoms with Crippen LogP contribution in [0.5, 0.6) is 0 Å². The van der Waals surface area contributed by atoms with Crippen molar-refractivity contribution in [1.82, 2.24) is 0 Å². The van der Waals surface area contributed by atoms with Crippen molar-refractivity contribution in [2.75, 3.05) is 6.61 Å². The smallest absolute Gasteiger partial charge is 0.335 e. The molecule has 172 valence electrons. The van der Waals surface area contributed by atoms with Crippen LogP contribution in [0.4, 0.5) is 0 Å². The Morgan fingerprint density at radius 1 is 1.26 bits per heavy atom. The van der Waals surface area contributed by atoms with Crippen LogP contribution in [0.2, 0.25) is 0 Å². The molecule has 0 saturated carbocycles. The third-order valence-corrected chi connectivity index (χ3v) is 6.40. The Morgan fingerprint density at radius 2 is 1.90 bits per heavy atom. The minimum atomic E-state index is -0.616. The molecule has 2 aliphatic rings. The molecule has 1 aliphatic carbocycles. The van der Waals surface area contributed by atoms with Crippen LogP contribution >= 0.6 is 0 Å². The predicted octanol–water partition coefficient (Wildman–Crippen LogP) is 4.08. The van der Waals surface area contributed by atoms with Gasteiger partial charge in [0.15, 0.2) is 5.78 Å². The van der Waals surface area contributed by atoms with Gasteiger partial charge >= 0.3 is 5.97 Å². The van der Waals surface area contributed by atoms with Crippen LogP contribution in [-0.4, -0.2) is 41.0 Å². The standard InChI is InChI=1S/C25H36O6/c1-16(2)13-22(28)30-12-9-20-19(14-17(3)27)23(29)18(15-26)7-10-25(20,6)11-8-21-24(4,5)31-21/h7,9,12-13,19-21,26H,8,10-11,14-15H2,1-6H3/b12-9+/t19-,20-,21?,25+/m0/s1. The van der Waals surface area contributed by atoms with Gasteiger partial charge in [0.1, 0.15) is 5.78 Å². The van der Waals surface area contributed by atoms with E-state index in [1.54, 1.807) is 26.0 Å². The van der Waals surface area contributed by atoms with Crippen LogP contribution < -0.4 is 0 Å². The number of ether oxygens (including phenoxy) is 2. The molecule has 1 aliphatic heterocycles. The van der Waals surface area contributed by atoms with Crippen LogP contribution in [0.25, 0.3) is 0 Å². The summed E-state index contributed by atoms with van der Waals surface area (Å²) in [5.74, 6) is -1.73. The summed E-state index contributed by atoms with van der Waals surface area (Å²) in [6.45, 7) is 10.9. The molecule has 6 heteroatoms. The van der Waals surface area contributed by atoms with Gasteiger partial charge < -0.3 is 19.4 Å². The average Bonchev–Trinajstić information content (AvgIpc) is 3.29. The van der Waals surface area contributed by atoms with E-state index in [1.807, 2.05) is 0 Å². The molecule has 0 aromatic rings. The molecular formula is C25H36O6. The highest BCUT2D eigenvalue weighted by Gasteiger charge is 2.50. The highest BCUT2D eigenvalue weighted by Crippen LogP contribution is 2.49. The second-order valence-electron chi connectivity index (χ2n) is 9.88. The van der Waals surface area contributed by atoms with Crippen LogP contribution in [0.3, 0.4) is 0 Å². The molecule has 1 fully saturated rings. The summed E-state index contributed by atoms with van der Waals surface area (Å²) < 4.78 is 11.0. The number of hydrogen-bond acceptors (Lipinski definition) is 6.